The normalized spacial score (nSPS) is 17.4. The Labute approximate surface area is 61.7 Å². The average molecular weight is 136 g/mol. The fourth-order valence-corrected chi connectivity index (χ4v) is 0.912. The van der Waals surface area contributed by atoms with Crippen molar-refractivity contribution in [3.63, 3.8) is 0 Å². The molecule has 0 aromatic heterocycles. The molecular formula is C9H12O. The van der Waals surface area contributed by atoms with Gasteiger partial charge in [-0.15, -0.1) is 0 Å². The molecule has 0 atom stereocenters. The molecule has 1 aliphatic rings. The van der Waals surface area contributed by atoms with E-state index in [0.29, 0.717) is 0 Å². The highest BCUT2D eigenvalue weighted by Crippen LogP contribution is 2.10. The smallest absolute Gasteiger partial charge is 0.115 e. The molecule has 1 rings (SSSR count). The third-order valence-electron chi connectivity index (χ3n) is 1.44. The van der Waals surface area contributed by atoms with Crippen molar-refractivity contribution < 1.29 is 4.74 Å². The predicted molar refractivity (Wildman–Crippen MR) is 42.6 cm³/mol. The summed E-state index contributed by atoms with van der Waals surface area (Å²) in [5, 5.41) is 0. The van der Waals surface area contributed by atoms with E-state index in [2.05, 4.69) is 25.2 Å². The highest BCUT2D eigenvalue weighted by Gasteiger charge is 1.93. The Morgan fingerprint density at radius 3 is 3.00 bits per heavy atom. The van der Waals surface area contributed by atoms with Crippen LogP contribution in [0, 0.1) is 0 Å². The van der Waals surface area contributed by atoms with Gasteiger partial charge < -0.3 is 4.74 Å². The van der Waals surface area contributed by atoms with E-state index in [1.165, 1.54) is 5.57 Å². The van der Waals surface area contributed by atoms with Crippen molar-refractivity contribution in [2.75, 3.05) is 7.11 Å². The van der Waals surface area contributed by atoms with Crippen molar-refractivity contribution in [2.24, 2.45) is 0 Å². The number of ether oxygens (including phenoxy) is 1. The molecule has 0 radical (unpaired) electrons. The zero-order valence-corrected chi connectivity index (χ0v) is 6.42. The summed E-state index contributed by atoms with van der Waals surface area (Å²) < 4.78 is 5.09. The quantitative estimate of drug-likeness (QED) is 0.538. The van der Waals surface area contributed by atoms with Gasteiger partial charge in [-0.05, 0) is 31.1 Å². The molecule has 1 aliphatic carbocycles. The summed E-state index contributed by atoms with van der Waals surface area (Å²) in [5.41, 5.74) is 1.24. The minimum Gasteiger partial charge on any atom is -0.497 e. The fourth-order valence-electron chi connectivity index (χ4n) is 0.912. The van der Waals surface area contributed by atoms with Crippen LogP contribution in [0.3, 0.4) is 0 Å². The van der Waals surface area contributed by atoms with E-state index in [1.54, 1.807) is 7.11 Å². The van der Waals surface area contributed by atoms with E-state index >= 15 is 0 Å². The summed E-state index contributed by atoms with van der Waals surface area (Å²) in [6.07, 6.45) is 9.29. The van der Waals surface area contributed by atoms with Crippen LogP contribution in [0.1, 0.15) is 13.3 Å². The van der Waals surface area contributed by atoms with E-state index in [0.717, 1.165) is 12.2 Å². The molecule has 0 fully saturated rings. The van der Waals surface area contributed by atoms with Gasteiger partial charge in [-0.25, -0.2) is 0 Å². The molecule has 0 aliphatic heterocycles. The first-order valence-corrected chi connectivity index (χ1v) is 3.42. The Morgan fingerprint density at radius 2 is 2.30 bits per heavy atom. The highest BCUT2D eigenvalue weighted by atomic mass is 16.5. The summed E-state index contributed by atoms with van der Waals surface area (Å²) in [6, 6.07) is 0. The Morgan fingerprint density at radius 1 is 1.50 bits per heavy atom. The molecule has 0 bridgehead atoms. The molecule has 1 nitrogen and oxygen atoms in total. The summed E-state index contributed by atoms with van der Waals surface area (Å²) >= 11 is 0. The van der Waals surface area contributed by atoms with Crippen LogP contribution in [-0.4, -0.2) is 7.11 Å². The molecule has 1 heteroatoms. The van der Waals surface area contributed by atoms with Crippen LogP contribution in [-0.2, 0) is 4.74 Å². The Hall–Kier alpha value is -0.980. The van der Waals surface area contributed by atoms with Crippen LogP contribution in [0.2, 0.25) is 0 Å². The van der Waals surface area contributed by atoms with E-state index in [9.17, 15) is 0 Å². The molecule has 0 aromatic carbocycles. The van der Waals surface area contributed by atoms with E-state index < -0.39 is 0 Å². The van der Waals surface area contributed by atoms with Gasteiger partial charge in [-0.2, -0.15) is 0 Å². The van der Waals surface area contributed by atoms with Gasteiger partial charge >= 0.3 is 0 Å². The maximum absolute atomic E-state index is 5.09. The number of rotatable bonds is 1. The molecule has 0 spiro atoms. The van der Waals surface area contributed by atoms with Crippen molar-refractivity contribution >= 4 is 0 Å². The topological polar surface area (TPSA) is 9.23 Å². The molecule has 0 N–H and O–H groups in total. The van der Waals surface area contributed by atoms with Crippen molar-refractivity contribution in [2.45, 2.75) is 13.3 Å². The third kappa shape index (κ3) is 1.76. The minimum atomic E-state index is 0.961. The molecular weight excluding hydrogens is 124 g/mol. The summed E-state index contributed by atoms with van der Waals surface area (Å²) in [7, 11) is 1.70. The van der Waals surface area contributed by atoms with Crippen LogP contribution in [0.15, 0.2) is 35.6 Å². The Bertz CT molecular complexity index is 197. The lowest BCUT2D eigenvalue weighted by Crippen LogP contribution is -1.80. The second-order valence-electron chi connectivity index (χ2n) is 2.34. The van der Waals surface area contributed by atoms with Gasteiger partial charge in [0.15, 0.2) is 0 Å². The molecule has 0 unspecified atom stereocenters. The van der Waals surface area contributed by atoms with Gasteiger partial charge in [0.25, 0.3) is 0 Å². The zero-order chi connectivity index (χ0) is 7.40. The molecule has 0 heterocycles. The van der Waals surface area contributed by atoms with Crippen LogP contribution in [0.4, 0.5) is 0 Å². The zero-order valence-electron chi connectivity index (χ0n) is 6.42. The van der Waals surface area contributed by atoms with Gasteiger partial charge in [0, 0.05) is 0 Å². The van der Waals surface area contributed by atoms with Gasteiger partial charge in [0.05, 0.1) is 7.11 Å². The monoisotopic (exact) mass is 136 g/mol. The number of allylic oxidation sites excluding steroid dienone is 5. The predicted octanol–water partition coefficient (Wildman–Crippen LogP) is 2.42. The summed E-state index contributed by atoms with van der Waals surface area (Å²) in [6.45, 7) is 2.06. The lowest BCUT2D eigenvalue weighted by Gasteiger charge is -1.97. The largest absolute Gasteiger partial charge is 0.497 e. The number of hydrogen-bond acceptors (Lipinski definition) is 1. The van der Waals surface area contributed by atoms with Gasteiger partial charge in [-0.3, -0.25) is 0 Å². The SMILES string of the molecule is COC1=CCC=CC(C)=C1. The fraction of sp³-hybridized carbons (Fsp3) is 0.333. The van der Waals surface area contributed by atoms with Crippen molar-refractivity contribution in [1.29, 1.82) is 0 Å². The third-order valence-corrected chi connectivity index (χ3v) is 1.44. The lowest BCUT2D eigenvalue weighted by molar-refractivity contribution is 0.305. The lowest BCUT2D eigenvalue weighted by atomic mass is 10.3. The number of hydrogen-bond donors (Lipinski definition) is 0. The maximum Gasteiger partial charge on any atom is 0.115 e. The Balaban J connectivity index is 2.77. The molecule has 0 saturated heterocycles. The first-order chi connectivity index (χ1) is 4.83. The van der Waals surface area contributed by atoms with Crippen LogP contribution >= 0.6 is 0 Å². The maximum atomic E-state index is 5.09. The molecule has 0 saturated carbocycles. The van der Waals surface area contributed by atoms with Crippen molar-refractivity contribution in [3.05, 3.63) is 35.6 Å². The minimum absolute atomic E-state index is 0.961. The first kappa shape index (κ1) is 7.13. The van der Waals surface area contributed by atoms with Crippen LogP contribution in [0.5, 0.6) is 0 Å². The molecule has 0 aromatic rings. The van der Waals surface area contributed by atoms with E-state index in [1.807, 2.05) is 6.08 Å². The van der Waals surface area contributed by atoms with Crippen LogP contribution < -0.4 is 0 Å². The van der Waals surface area contributed by atoms with E-state index in [-0.39, 0.29) is 0 Å². The summed E-state index contributed by atoms with van der Waals surface area (Å²) in [5.74, 6) is 0.961. The average Bonchev–Trinajstić information content (AvgIpc) is 2.13. The second kappa shape index (κ2) is 3.25. The Kier molecular flexibility index (Phi) is 2.32. The van der Waals surface area contributed by atoms with Gasteiger partial charge in [0.1, 0.15) is 5.76 Å². The van der Waals surface area contributed by atoms with Crippen molar-refractivity contribution in [3.8, 4) is 0 Å². The summed E-state index contributed by atoms with van der Waals surface area (Å²) in [4.78, 5) is 0. The second-order valence-corrected chi connectivity index (χ2v) is 2.34. The number of methoxy groups -OCH3 is 1. The van der Waals surface area contributed by atoms with E-state index in [4.69, 9.17) is 4.74 Å². The first-order valence-electron chi connectivity index (χ1n) is 3.42. The molecule has 0 amide bonds. The van der Waals surface area contributed by atoms with Gasteiger partial charge in [-0.1, -0.05) is 12.2 Å². The highest BCUT2D eigenvalue weighted by molar-refractivity contribution is 5.28. The standard InChI is InChI=1S/C9H12O/c1-8-5-3-4-6-9(7-8)10-2/h3,5-7H,4H2,1-2H3. The van der Waals surface area contributed by atoms with Crippen LogP contribution in [0.25, 0.3) is 0 Å². The molecule has 54 valence electrons. The van der Waals surface area contributed by atoms with Gasteiger partial charge in [0.2, 0.25) is 0 Å². The van der Waals surface area contributed by atoms with Crippen molar-refractivity contribution in [1.82, 2.24) is 0 Å². The molecule has 10 heavy (non-hydrogen) atoms.